The van der Waals surface area contributed by atoms with Crippen molar-refractivity contribution < 1.29 is 13.2 Å². The summed E-state index contributed by atoms with van der Waals surface area (Å²) in [5.74, 6) is -4.00. The lowest BCUT2D eigenvalue weighted by Gasteiger charge is -2.11. The number of aromatic nitrogens is 1. The third kappa shape index (κ3) is 2.35. The van der Waals surface area contributed by atoms with Crippen molar-refractivity contribution in [3.05, 3.63) is 60.0 Å². The number of nitrogens with one attached hydrogen (secondary N) is 1. The molecule has 0 aliphatic carbocycles. The van der Waals surface area contributed by atoms with Crippen LogP contribution in [0.15, 0.2) is 42.6 Å². The third-order valence-corrected chi connectivity index (χ3v) is 3.07. The fourth-order valence-electron chi connectivity index (χ4n) is 2.09. The molecule has 2 aromatic carbocycles. The Bertz CT molecular complexity index is 811. The van der Waals surface area contributed by atoms with E-state index in [2.05, 4.69) is 10.3 Å². The quantitative estimate of drug-likeness (QED) is 0.554. The standard InChI is InChI=1S/C15H10F3N3/c16-10-6-8(7-11(17)14(10)18)21-13-4-5-20-15-9(13)2-1-3-12(15)19/h1-7H,19H2,(H,20,21). The minimum Gasteiger partial charge on any atom is -0.397 e. The van der Waals surface area contributed by atoms with Crippen LogP contribution in [0.5, 0.6) is 0 Å². The molecule has 21 heavy (non-hydrogen) atoms. The van der Waals surface area contributed by atoms with Crippen molar-refractivity contribution in [2.45, 2.75) is 0 Å². The van der Waals surface area contributed by atoms with Crippen LogP contribution in [0.1, 0.15) is 0 Å². The molecule has 0 aliphatic rings. The van der Waals surface area contributed by atoms with E-state index in [0.29, 0.717) is 22.3 Å². The summed E-state index contributed by atoms with van der Waals surface area (Å²) >= 11 is 0. The monoisotopic (exact) mass is 289 g/mol. The Balaban J connectivity index is 2.08. The number of hydrogen-bond donors (Lipinski definition) is 2. The molecular formula is C15H10F3N3. The summed E-state index contributed by atoms with van der Waals surface area (Å²) in [6, 6.07) is 8.64. The first kappa shape index (κ1) is 13.2. The van der Waals surface area contributed by atoms with E-state index in [9.17, 15) is 13.2 Å². The Kier molecular flexibility index (Phi) is 3.13. The van der Waals surface area contributed by atoms with Crippen LogP contribution in [-0.2, 0) is 0 Å². The van der Waals surface area contributed by atoms with Crippen LogP contribution in [-0.4, -0.2) is 4.98 Å². The van der Waals surface area contributed by atoms with Crippen LogP contribution in [0.2, 0.25) is 0 Å². The first-order valence-corrected chi connectivity index (χ1v) is 6.11. The molecular weight excluding hydrogens is 279 g/mol. The number of nitrogens with two attached hydrogens (primary N) is 1. The highest BCUT2D eigenvalue weighted by Crippen LogP contribution is 2.29. The van der Waals surface area contributed by atoms with E-state index in [1.165, 1.54) is 6.20 Å². The van der Waals surface area contributed by atoms with Gasteiger partial charge in [-0.1, -0.05) is 12.1 Å². The predicted molar refractivity (Wildman–Crippen MR) is 75.8 cm³/mol. The number of hydrogen-bond acceptors (Lipinski definition) is 3. The van der Waals surface area contributed by atoms with Crippen LogP contribution >= 0.6 is 0 Å². The Labute approximate surface area is 118 Å². The zero-order chi connectivity index (χ0) is 15.0. The molecule has 0 saturated heterocycles. The zero-order valence-corrected chi connectivity index (χ0v) is 10.7. The van der Waals surface area contributed by atoms with Crippen molar-refractivity contribution in [2.75, 3.05) is 11.1 Å². The van der Waals surface area contributed by atoms with E-state index in [4.69, 9.17) is 5.73 Å². The lowest BCUT2D eigenvalue weighted by atomic mass is 10.1. The maximum absolute atomic E-state index is 13.2. The van der Waals surface area contributed by atoms with E-state index in [0.717, 1.165) is 12.1 Å². The molecule has 0 saturated carbocycles. The van der Waals surface area contributed by atoms with Gasteiger partial charge in [0.05, 0.1) is 11.2 Å². The highest BCUT2D eigenvalue weighted by Gasteiger charge is 2.11. The lowest BCUT2D eigenvalue weighted by molar-refractivity contribution is 0.448. The fourth-order valence-corrected chi connectivity index (χ4v) is 2.09. The van der Waals surface area contributed by atoms with E-state index < -0.39 is 17.5 Å². The molecule has 3 N–H and O–H groups in total. The second-order valence-corrected chi connectivity index (χ2v) is 4.48. The molecule has 1 heterocycles. The minimum absolute atomic E-state index is 0.0984. The van der Waals surface area contributed by atoms with Crippen molar-refractivity contribution in [3.8, 4) is 0 Å². The number of halogens is 3. The topological polar surface area (TPSA) is 50.9 Å². The number of benzene rings is 2. The van der Waals surface area contributed by atoms with E-state index in [1.807, 2.05) is 0 Å². The molecule has 0 amide bonds. The van der Waals surface area contributed by atoms with Gasteiger partial charge in [-0.3, -0.25) is 4.98 Å². The van der Waals surface area contributed by atoms with Gasteiger partial charge in [0.15, 0.2) is 17.5 Å². The summed E-state index contributed by atoms with van der Waals surface area (Å²) < 4.78 is 39.4. The minimum atomic E-state index is -1.50. The van der Waals surface area contributed by atoms with Gasteiger partial charge in [0.1, 0.15) is 0 Å². The molecule has 6 heteroatoms. The molecule has 0 unspecified atom stereocenters. The fraction of sp³-hybridized carbons (Fsp3) is 0. The second-order valence-electron chi connectivity index (χ2n) is 4.48. The van der Waals surface area contributed by atoms with Gasteiger partial charge in [-0.05, 0) is 12.1 Å². The summed E-state index contributed by atoms with van der Waals surface area (Å²) in [6.45, 7) is 0. The number of para-hydroxylation sites is 1. The van der Waals surface area contributed by atoms with Gasteiger partial charge in [0.2, 0.25) is 0 Å². The Morgan fingerprint density at radius 3 is 2.43 bits per heavy atom. The summed E-state index contributed by atoms with van der Waals surface area (Å²) in [5, 5.41) is 3.54. The normalized spacial score (nSPS) is 10.8. The SMILES string of the molecule is Nc1cccc2c(Nc3cc(F)c(F)c(F)c3)ccnc12. The molecule has 0 aliphatic heterocycles. The van der Waals surface area contributed by atoms with Crippen LogP contribution < -0.4 is 11.1 Å². The van der Waals surface area contributed by atoms with E-state index in [-0.39, 0.29) is 5.69 Å². The second kappa shape index (κ2) is 4.97. The molecule has 0 fully saturated rings. The summed E-state index contributed by atoms with van der Waals surface area (Å²) in [7, 11) is 0. The average Bonchev–Trinajstić information content (AvgIpc) is 2.46. The number of rotatable bonds is 2. The Morgan fingerprint density at radius 2 is 1.71 bits per heavy atom. The maximum Gasteiger partial charge on any atom is 0.194 e. The van der Waals surface area contributed by atoms with Crippen LogP contribution in [0.3, 0.4) is 0 Å². The Morgan fingerprint density at radius 1 is 1.00 bits per heavy atom. The van der Waals surface area contributed by atoms with Gasteiger partial charge in [-0.25, -0.2) is 13.2 Å². The van der Waals surface area contributed by atoms with Crippen molar-refractivity contribution in [2.24, 2.45) is 0 Å². The third-order valence-electron chi connectivity index (χ3n) is 3.07. The molecule has 3 aromatic rings. The number of anilines is 3. The molecule has 0 bridgehead atoms. The summed E-state index contributed by atoms with van der Waals surface area (Å²) in [5.41, 5.74) is 7.56. The maximum atomic E-state index is 13.2. The molecule has 1 aromatic heterocycles. The molecule has 3 rings (SSSR count). The van der Waals surface area contributed by atoms with Crippen LogP contribution in [0.4, 0.5) is 30.2 Å². The van der Waals surface area contributed by atoms with E-state index in [1.54, 1.807) is 24.3 Å². The highest BCUT2D eigenvalue weighted by atomic mass is 19.2. The van der Waals surface area contributed by atoms with Crippen molar-refractivity contribution >= 4 is 28.0 Å². The largest absolute Gasteiger partial charge is 0.397 e. The van der Waals surface area contributed by atoms with Gasteiger partial charge in [0, 0.05) is 35.1 Å². The van der Waals surface area contributed by atoms with Crippen molar-refractivity contribution in [1.29, 1.82) is 0 Å². The van der Waals surface area contributed by atoms with Crippen LogP contribution in [0, 0.1) is 17.5 Å². The van der Waals surface area contributed by atoms with Crippen LogP contribution in [0.25, 0.3) is 10.9 Å². The average molecular weight is 289 g/mol. The molecule has 0 spiro atoms. The number of pyridine rings is 1. The van der Waals surface area contributed by atoms with Gasteiger partial charge in [-0.15, -0.1) is 0 Å². The van der Waals surface area contributed by atoms with Crippen molar-refractivity contribution in [1.82, 2.24) is 4.98 Å². The first-order valence-electron chi connectivity index (χ1n) is 6.11. The van der Waals surface area contributed by atoms with Gasteiger partial charge in [-0.2, -0.15) is 0 Å². The van der Waals surface area contributed by atoms with E-state index >= 15 is 0 Å². The summed E-state index contributed by atoms with van der Waals surface area (Å²) in [6.07, 6.45) is 1.53. The predicted octanol–water partition coefficient (Wildman–Crippen LogP) is 3.98. The van der Waals surface area contributed by atoms with Gasteiger partial charge < -0.3 is 11.1 Å². The molecule has 3 nitrogen and oxygen atoms in total. The molecule has 0 atom stereocenters. The number of nitrogens with zero attached hydrogens (tertiary/aromatic N) is 1. The van der Waals surface area contributed by atoms with Gasteiger partial charge >= 0.3 is 0 Å². The van der Waals surface area contributed by atoms with Gasteiger partial charge in [0.25, 0.3) is 0 Å². The number of fused-ring (bicyclic) bond motifs is 1. The smallest absolute Gasteiger partial charge is 0.194 e. The highest BCUT2D eigenvalue weighted by molar-refractivity contribution is 5.98. The molecule has 106 valence electrons. The molecule has 0 radical (unpaired) electrons. The van der Waals surface area contributed by atoms with Crippen molar-refractivity contribution in [3.63, 3.8) is 0 Å². The lowest BCUT2D eigenvalue weighted by Crippen LogP contribution is -1.98. The number of nitrogen functional groups attached to an aromatic ring is 1. The first-order chi connectivity index (χ1) is 10.1. The summed E-state index contributed by atoms with van der Waals surface area (Å²) in [4.78, 5) is 4.16. The zero-order valence-electron chi connectivity index (χ0n) is 10.7. The Hall–Kier alpha value is -2.76.